The van der Waals surface area contributed by atoms with Crippen LogP contribution in [0, 0.1) is 5.92 Å². The molecule has 1 aromatic heterocycles. The quantitative estimate of drug-likeness (QED) is 0.828. The lowest BCUT2D eigenvalue weighted by Crippen LogP contribution is -2.45. The second-order valence-corrected chi connectivity index (χ2v) is 4.33. The molecule has 1 amide bonds. The molecule has 0 saturated carbocycles. The number of nitrogens with zero attached hydrogens (tertiary/aromatic N) is 2. The van der Waals surface area contributed by atoms with Crippen LogP contribution in [0.15, 0.2) is 12.4 Å². The molecule has 6 nitrogen and oxygen atoms in total. The van der Waals surface area contributed by atoms with Gasteiger partial charge in [0.1, 0.15) is 16.9 Å². The van der Waals surface area contributed by atoms with Crippen LogP contribution in [0.25, 0.3) is 0 Å². The van der Waals surface area contributed by atoms with Gasteiger partial charge in [-0.25, -0.2) is 14.8 Å². The summed E-state index contributed by atoms with van der Waals surface area (Å²) in [6.07, 6.45) is 2.51. The molecule has 1 N–H and O–H groups in total. The number of aromatic nitrogens is 2. The average Bonchev–Trinajstić information content (AvgIpc) is 2.35. The van der Waals surface area contributed by atoms with Gasteiger partial charge in [-0.05, 0) is 5.92 Å². The van der Waals surface area contributed by atoms with E-state index < -0.39 is 17.9 Å². The molecule has 7 heteroatoms. The molecule has 18 heavy (non-hydrogen) atoms. The first-order valence-electron chi connectivity index (χ1n) is 5.32. The summed E-state index contributed by atoms with van der Waals surface area (Å²) in [4.78, 5) is 30.9. The molecule has 0 radical (unpaired) electrons. The molecule has 1 unspecified atom stereocenters. The van der Waals surface area contributed by atoms with E-state index in [0.29, 0.717) is 0 Å². The molecule has 0 bridgehead atoms. The minimum atomic E-state index is -0.722. The van der Waals surface area contributed by atoms with Crippen LogP contribution in [0.1, 0.15) is 24.3 Å². The van der Waals surface area contributed by atoms with Crippen molar-refractivity contribution in [1.82, 2.24) is 15.3 Å². The SMILES string of the molecule is COC(=O)C(NC(=O)c1cnc(Cl)cn1)C(C)C. The maximum absolute atomic E-state index is 11.8. The fourth-order valence-electron chi connectivity index (χ4n) is 1.27. The first-order valence-corrected chi connectivity index (χ1v) is 5.69. The number of rotatable bonds is 4. The Morgan fingerprint density at radius 2 is 2.00 bits per heavy atom. The number of ether oxygens (including phenoxy) is 1. The molecule has 0 aliphatic heterocycles. The van der Waals surface area contributed by atoms with Gasteiger partial charge in [0, 0.05) is 0 Å². The lowest BCUT2D eigenvalue weighted by atomic mass is 10.0. The van der Waals surface area contributed by atoms with Crippen molar-refractivity contribution in [2.45, 2.75) is 19.9 Å². The molecule has 0 spiro atoms. The molecule has 0 saturated heterocycles. The molecule has 98 valence electrons. The Morgan fingerprint density at radius 1 is 1.33 bits per heavy atom. The van der Waals surface area contributed by atoms with Crippen molar-refractivity contribution in [1.29, 1.82) is 0 Å². The second kappa shape index (κ2) is 6.30. The van der Waals surface area contributed by atoms with Crippen molar-refractivity contribution in [3.8, 4) is 0 Å². The summed E-state index contributed by atoms with van der Waals surface area (Å²) >= 11 is 5.57. The molecule has 0 fully saturated rings. The molecule has 1 rings (SSSR count). The third kappa shape index (κ3) is 3.66. The number of carbonyl (C=O) groups excluding carboxylic acids is 2. The van der Waals surface area contributed by atoms with Crippen molar-refractivity contribution in [3.63, 3.8) is 0 Å². The van der Waals surface area contributed by atoms with E-state index in [-0.39, 0.29) is 16.8 Å². The normalized spacial score (nSPS) is 12.1. The minimum absolute atomic E-state index is 0.0916. The van der Waals surface area contributed by atoms with Crippen molar-refractivity contribution < 1.29 is 14.3 Å². The van der Waals surface area contributed by atoms with Crippen molar-refractivity contribution in [2.75, 3.05) is 7.11 Å². The Kier molecular flexibility index (Phi) is 5.03. The lowest BCUT2D eigenvalue weighted by molar-refractivity contribution is -0.144. The summed E-state index contributed by atoms with van der Waals surface area (Å²) in [5.41, 5.74) is 0.0916. The summed E-state index contributed by atoms with van der Waals surface area (Å²) in [5.74, 6) is -1.09. The first-order chi connectivity index (χ1) is 8.45. The van der Waals surface area contributed by atoms with Crippen LogP contribution in [0.4, 0.5) is 0 Å². The molecular formula is C11H14ClN3O3. The molecule has 1 heterocycles. The Bertz CT molecular complexity index is 434. The van der Waals surface area contributed by atoms with Gasteiger partial charge in [0.05, 0.1) is 19.5 Å². The monoisotopic (exact) mass is 271 g/mol. The van der Waals surface area contributed by atoms with E-state index >= 15 is 0 Å². The van der Waals surface area contributed by atoms with Crippen LogP contribution < -0.4 is 5.32 Å². The largest absolute Gasteiger partial charge is 0.467 e. The maximum atomic E-state index is 11.8. The number of amides is 1. The Balaban J connectivity index is 2.78. The highest BCUT2D eigenvalue weighted by atomic mass is 35.5. The summed E-state index contributed by atoms with van der Waals surface area (Å²) in [5, 5.41) is 2.74. The van der Waals surface area contributed by atoms with E-state index in [1.807, 2.05) is 0 Å². The summed E-state index contributed by atoms with van der Waals surface area (Å²) in [6, 6.07) is -0.722. The van der Waals surface area contributed by atoms with Crippen LogP contribution in [0.3, 0.4) is 0 Å². The number of esters is 1. The van der Waals surface area contributed by atoms with Crippen LogP contribution in [0.2, 0.25) is 5.15 Å². The van der Waals surface area contributed by atoms with Gasteiger partial charge in [0.15, 0.2) is 0 Å². The van der Waals surface area contributed by atoms with Gasteiger partial charge in [0.25, 0.3) is 5.91 Å². The van der Waals surface area contributed by atoms with E-state index in [4.69, 9.17) is 11.6 Å². The predicted octanol–water partition coefficient (Wildman–Crippen LogP) is 1.06. The van der Waals surface area contributed by atoms with Crippen LogP contribution >= 0.6 is 11.6 Å². The number of carbonyl (C=O) groups is 2. The van der Waals surface area contributed by atoms with Gasteiger partial charge in [-0.2, -0.15) is 0 Å². The van der Waals surface area contributed by atoms with Gasteiger partial charge in [-0.3, -0.25) is 4.79 Å². The third-order valence-corrected chi connectivity index (χ3v) is 2.46. The number of halogens is 1. The number of nitrogens with one attached hydrogen (secondary N) is 1. The van der Waals surface area contributed by atoms with Crippen molar-refractivity contribution >= 4 is 23.5 Å². The number of hydrogen-bond donors (Lipinski definition) is 1. The molecule has 0 aliphatic carbocycles. The molecule has 0 aromatic carbocycles. The number of methoxy groups -OCH3 is 1. The first kappa shape index (κ1) is 14.4. The zero-order chi connectivity index (χ0) is 13.7. The highest BCUT2D eigenvalue weighted by molar-refractivity contribution is 6.29. The average molecular weight is 272 g/mol. The van der Waals surface area contributed by atoms with Gasteiger partial charge >= 0.3 is 5.97 Å². The lowest BCUT2D eigenvalue weighted by Gasteiger charge is -2.19. The molecule has 1 aromatic rings. The van der Waals surface area contributed by atoms with Gasteiger partial charge in [0.2, 0.25) is 0 Å². The van der Waals surface area contributed by atoms with Crippen LogP contribution in [-0.4, -0.2) is 35.0 Å². The topological polar surface area (TPSA) is 81.2 Å². The number of hydrogen-bond acceptors (Lipinski definition) is 5. The van der Waals surface area contributed by atoms with Gasteiger partial charge in [-0.15, -0.1) is 0 Å². The zero-order valence-electron chi connectivity index (χ0n) is 10.3. The van der Waals surface area contributed by atoms with E-state index in [2.05, 4.69) is 20.0 Å². The summed E-state index contributed by atoms with van der Waals surface area (Å²) < 4.78 is 4.62. The van der Waals surface area contributed by atoms with E-state index in [0.717, 1.165) is 0 Å². The fourth-order valence-corrected chi connectivity index (χ4v) is 1.37. The molecular weight excluding hydrogens is 258 g/mol. The van der Waals surface area contributed by atoms with Crippen molar-refractivity contribution in [3.05, 3.63) is 23.2 Å². The van der Waals surface area contributed by atoms with E-state index in [9.17, 15) is 9.59 Å². The Labute approximate surface area is 110 Å². The summed E-state index contributed by atoms with van der Waals surface area (Å²) in [7, 11) is 1.27. The highest BCUT2D eigenvalue weighted by Gasteiger charge is 2.25. The minimum Gasteiger partial charge on any atom is -0.467 e. The standard InChI is InChI=1S/C11H14ClN3O3/c1-6(2)9(11(17)18-3)15-10(16)7-4-14-8(12)5-13-7/h4-6,9H,1-3H3,(H,15,16). The summed E-state index contributed by atoms with van der Waals surface area (Å²) in [6.45, 7) is 3.60. The van der Waals surface area contributed by atoms with Gasteiger partial charge in [-0.1, -0.05) is 25.4 Å². The Hall–Kier alpha value is -1.69. The second-order valence-electron chi connectivity index (χ2n) is 3.94. The highest BCUT2D eigenvalue weighted by Crippen LogP contribution is 2.06. The fraction of sp³-hybridized carbons (Fsp3) is 0.455. The van der Waals surface area contributed by atoms with E-state index in [1.54, 1.807) is 13.8 Å². The smallest absolute Gasteiger partial charge is 0.328 e. The van der Waals surface area contributed by atoms with Crippen LogP contribution in [0.5, 0.6) is 0 Å². The third-order valence-electron chi connectivity index (χ3n) is 2.26. The maximum Gasteiger partial charge on any atom is 0.328 e. The van der Waals surface area contributed by atoms with Crippen LogP contribution in [-0.2, 0) is 9.53 Å². The molecule has 0 aliphatic rings. The van der Waals surface area contributed by atoms with Crippen molar-refractivity contribution in [2.24, 2.45) is 5.92 Å². The zero-order valence-corrected chi connectivity index (χ0v) is 11.1. The van der Waals surface area contributed by atoms with Gasteiger partial charge < -0.3 is 10.1 Å². The predicted molar refractivity (Wildman–Crippen MR) is 65.2 cm³/mol. The Morgan fingerprint density at radius 3 is 2.44 bits per heavy atom. The molecule has 1 atom stereocenters. The van der Waals surface area contributed by atoms with E-state index in [1.165, 1.54) is 19.5 Å².